The number of nitrogens with one attached hydrogen (secondary N) is 2. The molecule has 0 aromatic carbocycles. The third kappa shape index (κ3) is 4.32. The summed E-state index contributed by atoms with van der Waals surface area (Å²) in [6.45, 7) is 5.40. The van der Waals surface area contributed by atoms with Gasteiger partial charge in [-0.1, -0.05) is 25.5 Å². The van der Waals surface area contributed by atoms with Crippen LogP contribution in [0.4, 0.5) is 0 Å². The standard InChI is InChI=1S/C17H28N2O2/c1-13(2)12-19-16(21)17(9-10-17)15(20)18-11-8-14-6-4-3-5-7-14/h6,13H,3-5,7-12H2,1-2H3,(H,18,20)(H,19,21). The van der Waals surface area contributed by atoms with E-state index < -0.39 is 5.41 Å². The fraction of sp³-hybridized carbons (Fsp3) is 0.765. The molecular weight excluding hydrogens is 264 g/mol. The van der Waals surface area contributed by atoms with E-state index in [9.17, 15) is 9.59 Å². The van der Waals surface area contributed by atoms with Crippen LogP contribution in [0.1, 0.15) is 58.8 Å². The third-order valence-corrected chi connectivity index (χ3v) is 4.41. The van der Waals surface area contributed by atoms with Crippen molar-refractivity contribution in [2.45, 2.75) is 58.8 Å². The topological polar surface area (TPSA) is 58.2 Å². The Labute approximate surface area is 127 Å². The lowest BCUT2D eigenvalue weighted by Gasteiger charge is -2.17. The molecular formula is C17H28N2O2. The van der Waals surface area contributed by atoms with Crippen LogP contribution in [-0.2, 0) is 9.59 Å². The minimum absolute atomic E-state index is 0.0832. The summed E-state index contributed by atoms with van der Waals surface area (Å²) in [6, 6.07) is 0. The third-order valence-electron chi connectivity index (χ3n) is 4.41. The molecule has 1 fully saturated rings. The molecule has 2 rings (SSSR count). The largest absolute Gasteiger partial charge is 0.355 e. The van der Waals surface area contributed by atoms with Gasteiger partial charge in [-0.05, 0) is 50.9 Å². The normalized spacial score (nSPS) is 19.9. The van der Waals surface area contributed by atoms with Crippen molar-refractivity contribution in [3.05, 3.63) is 11.6 Å². The number of carbonyl (C=O) groups excluding carboxylic acids is 2. The first-order valence-corrected chi connectivity index (χ1v) is 8.29. The Morgan fingerprint density at radius 1 is 1.19 bits per heavy atom. The van der Waals surface area contributed by atoms with Gasteiger partial charge in [-0.3, -0.25) is 9.59 Å². The summed E-state index contributed by atoms with van der Waals surface area (Å²) >= 11 is 0. The lowest BCUT2D eigenvalue weighted by molar-refractivity contribution is -0.137. The minimum atomic E-state index is -0.768. The molecule has 0 radical (unpaired) electrons. The zero-order valence-electron chi connectivity index (χ0n) is 13.3. The van der Waals surface area contributed by atoms with E-state index in [1.807, 2.05) is 0 Å². The summed E-state index contributed by atoms with van der Waals surface area (Å²) in [7, 11) is 0. The maximum atomic E-state index is 12.3. The SMILES string of the molecule is CC(C)CNC(=O)C1(C(=O)NCCC2=CCCCC2)CC1. The fourth-order valence-corrected chi connectivity index (χ4v) is 2.79. The number of allylic oxidation sites excluding steroid dienone is 1. The number of rotatable bonds is 7. The summed E-state index contributed by atoms with van der Waals surface area (Å²) < 4.78 is 0. The lowest BCUT2D eigenvalue weighted by atomic mass is 9.97. The van der Waals surface area contributed by atoms with Gasteiger partial charge in [-0.2, -0.15) is 0 Å². The van der Waals surface area contributed by atoms with Crippen molar-refractivity contribution in [1.82, 2.24) is 10.6 Å². The molecule has 0 aromatic rings. The summed E-state index contributed by atoms with van der Waals surface area (Å²) in [5.74, 6) is 0.233. The maximum Gasteiger partial charge on any atom is 0.235 e. The monoisotopic (exact) mass is 292 g/mol. The van der Waals surface area contributed by atoms with Gasteiger partial charge in [0.05, 0.1) is 0 Å². The van der Waals surface area contributed by atoms with Gasteiger partial charge in [0, 0.05) is 13.1 Å². The highest BCUT2D eigenvalue weighted by atomic mass is 16.2. The van der Waals surface area contributed by atoms with Gasteiger partial charge in [-0.15, -0.1) is 0 Å². The molecule has 0 bridgehead atoms. The molecule has 0 atom stereocenters. The molecule has 4 heteroatoms. The van der Waals surface area contributed by atoms with Crippen LogP contribution in [0, 0.1) is 11.3 Å². The highest BCUT2D eigenvalue weighted by Crippen LogP contribution is 2.46. The first-order chi connectivity index (χ1) is 10.0. The van der Waals surface area contributed by atoms with E-state index in [-0.39, 0.29) is 11.8 Å². The van der Waals surface area contributed by atoms with Gasteiger partial charge in [0.25, 0.3) is 0 Å². The first-order valence-electron chi connectivity index (χ1n) is 8.29. The predicted molar refractivity (Wildman–Crippen MR) is 83.7 cm³/mol. The molecule has 1 saturated carbocycles. The van der Waals surface area contributed by atoms with Gasteiger partial charge in [0.2, 0.25) is 11.8 Å². The van der Waals surface area contributed by atoms with Crippen molar-refractivity contribution in [2.75, 3.05) is 13.1 Å². The van der Waals surface area contributed by atoms with Crippen LogP contribution in [0.5, 0.6) is 0 Å². The van der Waals surface area contributed by atoms with E-state index in [2.05, 4.69) is 30.6 Å². The highest BCUT2D eigenvalue weighted by molar-refractivity contribution is 6.07. The molecule has 0 heterocycles. The summed E-state index contributed by atoms with van der Waals surface area (Å²) in [4.78, 5) is 24.4. The molecule has 118 valence electrons. The van der Waals surface area contributed by atoms with Crippen LogP contribution in [-0.4, -0.2) is 24.9 Å². The number of amides is 2. The average molecular weight is 292 g/mol. The van der Waals surface area contributed by atoms with Gasteiger partial charge in [-0.25, -0.2) is 0 Å². The number of hydrogen-bond acceptors (Lipinski definition) is 2. The van der Waals surface area contributed by atoms with Crippen LogP contribution < -0.4 is 10.6 Å². The Morgan fingerprint density at radius 2 is 1.90 bits per heavy atom. The van der Waals surface area contributed by atoms with E-state index >= 15 is 0 Å². The molecule has 2 aliphatic rings. The molecule has 2 N–H and O–H groups in total. The Bertz CT molecular complexity index is 423. The maximum absolute atomic E-state index is 12.3. The number of carbonyl (C=O) groups is 2. The number of hydrogen-bond donors (Lipinski definition) is 2. The van der Waals surface area contributed by atoms with Crippen molar-refractivity contribution in [2.24, 2.45) is 11.3 Å². The molecule has 0 saturated heterocycles. The Balaban J connectivity index is 1.74. The van der Waals surface area contributed by atoms with Crippen molar-refractivity contribution < 1.29 is 9.59 Å². The van der Waals surface area contributed by atoms with Crippen molar-refractivity contribution in [3.8, 4) is 0 Å². The second kappa shape index (κ2) is 7.10. The van der Waals surface area contributed by atoms with Crippen molar-refractivity contribution in [1.29, 1.82) is 0 Å². The fourth-order valence-electron chi connectivity index (χ4n) is 2.79. The summed E-state index contributed by atoms with van der Waals surface area (Å²) in [5, 5.41) is 5.86. The average Bonchev–Trinajstić information content (AvgIpc) is 3.27. The lowest BCUT2D eigenvalue weighted by Crippen LogP contribution is -2.44. The summed E-state index contributed by atoms with van der Waals surface area (Å²) in [5.41, 5.74) is 0.686. The van der Waals surface area contributed by atoms with E-state index in [1.165, 1.54) is 24.8 Å². The molecule has 0 aromatic heterocycles. The molecule has 0 spiro atoms. The molecule has 21 heavy (non-hydrogen) atoms. The zero-order chi connectivity index (χ0) is 15.3. The van der Waals surface area contributed by atoms with Crippen LogP contribution in [0.3, 0.4) is 0 Å². The molecule has 4 nitrogen and oxygen atoms in total. The predicted octanol–water partition coefficient (Wildman–Crippen LogP) is 2.55. The van der Waals surface area contributed by atoms with Crippen molar-refractivity contribution >= 4 is 11.8 Å². The minimum Gasteiger partial charge on any atom is -0.355 e. The Hall–Kier alpha value is -1.32. The second-order valence-corrected chi connectivity index (χ2v) is 6.80. The Kier molecular flexibility index (Phi) is 5.43. The summed E-state index contributed by atoms with van der Waals surface area (Å²) in [6.07, 6.45) is 9.49. The van der Waals surface area contributed by atoms with E-state index in [0.29, 0.717) is 31.8 Å². The first kappa shape index (κ1) is 16.1. The quantitative estimate of drug-likeness (QED) is 0.559. The Morgan fingerprint density at radius 3 is 2.48 bits per heavy atom. The van der Waals surface area contributed by atoms with Crippen LogP contribution in [0.25, 0.3) is 0 Å². The molecule has 0 unspecified atom stereocenters. The van der Waals surface area contributed by atoms with Crippen LogP contribution in [0.15, 0.2) is 11.6 Å². The van der Waals surface area contributed by atoms with Gasteiger partial charge in [0.15, 0.2) is 0 Å². The van der Waals surface area contributed by atoms with E-state index in [4.69, 9.17) is 0 Å². The molecule has 2 aliphatic carbocycles. The zero-order valence-corrected chi connectivity index (χ0v) is 13.3. The highest BCUT2D eigenvalue weighted by Gasteiger charge is 2.56. The van der Waals surface area contributed by atoms with Gasteiger partial charge < -0.3 is 10.6 Å². The van der Waals surface area contributed by atoms with E-state index in [1.54, 1.807) is 0 Å². The van der Waals surface area contributed by atoms with Crippen LogP contribution >= 0.6 is 0 Å². The van der Waals surface area contributed by atoms with Gasteiger partial charge in [0.1, 0.15) is 5.41 Å². The molecule has 0 aliphatic heterocycles. The van der Waals surface area contributed by atoms with Crippen molar-refractivity contribution in [3.63, 3.8) is 0 Å². The van der Waals surface area contributed by atoms with E-state index in [0.717, 1.165) is 12.8 Å². The second-order valence-electron chi connectivity index (χ2n) is 6.80. The smallest absolute Gasteiger partial charge is 0.235 e. The molecule has 2 amide bonds. The van der Waals surface area contributed by atoms with Crippen LogP contribution in [0.2, 0.25) is 0 Å². The van der Waals surface area contributed by atoms with Gasteiger partial charge >= 0.3 is 0 Å².